The van der Waals surface area contributed by atoms with Gasteiger partial charge >= 0.3 is 0 Å². The summed E-state index contributed by atoms with van der Waals surface area (Å²) in [5, 5.41) is 6.17. The first kappa shape index (κ1) is 16.9. The minimum atomic E-state index is -0.481. The Morgan fingerprint density at radius 1 is 1.25 bits per heavy atom. The number of carbonyl (C=O) groups is 2. The van der Waals surface area contributed by atoms with Crippen molar-refractivity contribution < 1.29 is 14.0 Å². The Balaban J connectivity index is 1.53. The maximum atomic E-state index is 13.8. The first-order valence-corrected chi connectivity index (χ1v) is 8.70. The lowest BCUT2D eigenvalue weighted by atomic mass is 9.97. The van der Waals surface area contributed by atoms with Crippen LogP contribution < -0.4 is 10.6 Å². The van der Waals surface area contributed by atoms with Crippen LogP contribution in [0.2, 0.25) is 0 Å². The highest BCUT2D eigenvalue weighted by Gasteiger charge is 2.27. The second-order valence-corrected chi connectivity index (χ2v) is 6.63. The van der Waals surface area contributed by atoms with Crippen molar-refractivity contribution in [3.63, 3.8) is 0 Å². The fourth-order valence-corrected chi connectivity index (χ4v) is 3.50. The Labute approximate surface area is 141 Å². The van der Waals surface area contributed by atoms with Crippen LogP contribution in [0.1, 0.15) is 36.0 Å². The molecule has 2 fully saturated rings. The van der Waals surface area contributed by atoms with Crippen LogP contribution in [0.3, 0.4) is 0 Å². The number of nitrogens with zero attached hydrogens (tertiary/aromatic N) is 1. The quantitative estimate of drug-likeness (QED) is 0.879. The van der Waals surface area contributed by atoms with E-state index in [1.54, 1.807) is 17.0 Å². The molecule has 130 valence electrons. The number of nitrogens with one attached hydrogen (secondary N) is 2. The maximum absolute atomic E-state index is 13.8. The third-order valence-electron chi connectivity index (χ3n) is 4.85. The Morgan fingerprint density at radius 2 is 2.08 bits per heavy atom. The molecule has 24 heavy (non-hydrogen) atoms. The van der Waals surface area contributed by atoms with Gasteiger partial charge in [0.25, 0.3) is 5.91 Å². The minimum absolute atomic E-state index is 0.0463. The molecule has 2 atom stereocenters. The molecule has 3 rings (SSSR count). The molecule has 0 bridgehead atoms. The van der Waals surface area contributed by atoms with E-state index in [1.165, 1.54) is 12.1 Å². The van der Waals surface area contributed by atoms with Crippen LogP contribution in [0.25, 0.3) is 0 Å². The average Bonchev–Trinajstić information content (AvgIpc) is 3.14. The SMILES string of the molecule is O=C(NCC1CCCN(C(=O)c2ccccc2F)C1)C1CCCN1. The predicted octanol–water partition coefficient (Wildman–Crippen LogP) is 1.55. The molecular formula is C18H24FN3O2. The van der Waals surface area contributed by atoms with Gasteiger partial charge in [0.05, 0.1) is 11.6 Å². The molecular weight excluding hydrogens is 309 g/mol. The Kier molecular flexibility index (Phi) is 5.45. The predicted molar refractivity (Wildman–Crippen MR) is 89.1 cm³/mol. The third-order valence-corrected chi connectivity index (χ3v) is 4.85. The number of rotatable bonds is 4. The smallest absolute Gasteiger partial charge is 0.256 e. The summed E-state index contributed by atoms with van der Waals surface area (Å²) < 4.78 is 13.8. The molecule has 2 N–H and O–H groups in total. The van der Waals surface area contributed by atoms with E-state index in [0.29, 0.717) is 19.6 Å². The summed E-state index contributed by atoms with van der Waals surface area (Å²) in [4.78, 5) is 26.3. The second-order valence-electron chi connectivity index (χ2n) is 6.63. The molecule has 0 radical (unpaired) electrons. The molecule has 1 aromatic carbocycles. The number of hydrogen-bond acceptors (Lipinski definition) is 3. The summed E-state index contributed by atoms with van der Waals surface area (Å²) in [5.74, 6) is -0.475. The molecule has 0 spiro atoms. The molecule has 0 aromatic heterocycles. The summed E-state index contributed by atoms with van der Waals surface area (Å²) in [6.45, 7) is 2.66. The van der Waals surface area contributed by atoms with Gasteiger partial charge in [-0.1, -0.05) is 12.1 Å². The number of halogens is 1. The number of carbonyl (C=O) groups excluding carboxylic acids is 2. The van der Waals surface area contributed by atoms with Crippen LogP contribution in [-0.4, -0.2) is 48.9 Å². The van der Waals surface area contributed by atoms with Gasteiger partial charge in [0.15, 0.2) is 0 Å². The highest BCUT2D eigenvalue weighted by atomic mass is 19.1. The number of likely N-dealkylation sites (tertiary alicyclic amines) is 1. The van der Waals surface area contributed by atoms with Crippen molar-refractivity contribution in [2.24, 2.45) is 5.92 Å². The number of amides is 2. The maximum Gasteiger partial charge on any atom is 0.256 e. The van der Waals surface area contributed by atoms with Crippen LogP contribution in [0.5, 0.6) is 0 Å². The summed E-state index contributed by atoms with van der Waals surface area (Å²) >= 11 is 0. The van der Waals surface area contributed by atoms with Gasteiger partial charge in [-0.2, -0.15) is 0 Å². The topological polar surface area (TPSA) is 61.4 Å². The molecule has 2 unspecified atom stereocenters. The van der Waals surface area contributed by atoms with Crippen molar-refractivity contribution in [2.45, 2.75) is 31.7 Å². The van der Waals surface area contributed by atoms with Crippen molar-refractivity contribution in [1.29, 1.82) is 0 Å². The van der Waals surface area contributed by atoms with E-state index in [4.69, 9.17) is 0 Å². The van der Waals surface area contributed by atoms with E-state index >= 15 is 0 Å². The van der Waals surface area contributed by atoms with Crippen LogP contribution >= 0.6 is 0 Å². The van der Waals surface area contributed by atoms with Crippen molar-refractivity contribution >= 4 is 11.8 Å². The number of piperidine rings is 1. The zero-order valence-corrected chi connectivity index (χ0v) is 13.8. The average molecular weight is 333 g/mol. The van der Waals surface area contributed by atoms with Crippen LogP contribution in [-0.2, 0) is 4.79 Å². The molecule has 2 aliphatic heterocycles. The molecule has 1 aromatic rings. The summed E-state index contributed by atoms with van der Waals surface area (Å²) in [5.41, 5.74) is 0.123. The number of hydrogen-bond donors (Lipinski definition) is 2. The molecule has 2 saturated heterocycles. The van der Waals surface area contributed by atoms with Gasteiger partial charge in [0.1, 0.15) is 5.82 Å². The molecule has 5 nitrogen and oxygen atoms in total. The van der Waals surface area contributed by atoms with Crippen molar-refractivity contribution in [3.8, 4) is 0 Å². The molecule has 6 heteroatoms. The van der Waals surface area contributed by atoms with Gasteiger partial charge in [0.2, 0.25) is 5.91 Å². The lowest BCUT2D eigenvalue weighted by Crippen LogP contribution is -2.46. The Hall–Kier alpha value is -1.95. The monoisotopic (exact) mass is 333 g/mol. The number of benzene rings is 1. The molecule has 2 heterocycles. The van der Waals surface area contributed by atoms with Gasteiger partial charge < -0.3 is 15.5 Å². The summed E-state index contributed by atoms with van der Waals surface area (Å²) in [6, 6.07) is 6.01. The van der Waals surface area contributed by atoms with Gasteiger partial charge in [-0.15, -0.1) is 0 Å². The highest BCUT2D eigenvalue weighted by molar-refractivity contribution is 5.94. The molecule has 2 amide bonds. The van der Waals surface area contributed by atoms with Crippen molar-refractivity contribution in [1.82, 2.24) is 15.5 Å². The van der Waals surface area contributed by atoms with Gasteiger partial charge in [0, 0.05) is 19.6 Å². The molecule has 2 aliphatic rings. The zero-order valence-electron chi connectivity index (χ0n) is 13.8. The van der Waals surface area contributed by atoms with Crippen molar-refractivity contribution in [3.05, 3.63) is 35.6 Å². The van der Waals surface area contributed by atoms with Crippen molar-refractivity contribution in [2.75, 3.05) is 26.2 Å². The standard InChI is InChI=1S/C18H24FN3O2/c19-15-7-2-1-6-14(15)18(24)22-10-4-5-13(12-22)11-21-17(23)16-8-3-9-20-16/h1-2,6-7,13,16,20H,3-5,8-12H2,(H,21,23). The minimum Gasteiger partial charge on any atom is -0.354 e. The summed E-state index contributed by atoms with van der Waals surface area (Å²) in [7, 11) is 0. The third kappa shape index (κ3) is 3.93. The fraction of sp³-hybridized carbons (Fsp3) is 0.556. The highest BCUT2D eigenvalue weighted by Crippen LogP contribution is 2.19. The van der Waals surface area contributed by atoms with Gasteiger partial charge in [-0.3, -0.25) is 9.59 Å². The lowest BCUT2D eigenvalue weighted by Gasteiger charge is -2.33. The van der Waals surface area contributed by atoms with Gasteiger partial charge in [-0.25, -0.2) is 4.39 Å². The first-order chi connectivity index (χ1) is 11.6. The Morgan fingerprint density at radius 3 is 2.83 bits per heavy atom. The van der Waals surface area contributed by atoms with Crippen LogP contribution in [0.15, 0.2) is 24.3 Å². The van der Waals surface area contributed by atoms with E-state index in [0.717, 1.165) is 32.2 Å². The molecule has 0 saturated carbocycles. The van der Waals surface area contributed by atoms with Crippen LogP contribution in [0.4, 0.5) is 4.39 Å². The fourth-order valence-electron chi connectivity index (χ4n) is 3.50. The Bertz CT molecular complexity index is 602. The van der Waals surface area contributed by atoms with Gasteiger partial charge in [-0.05, 0) is 50.3 Å². The largest absolute Gasteiger partial charge is 0.354 e. The van der Waals surface area contributed by atoms with E-state index in [1.807, 2.05) is 0 Å². The summed E-state index contributed by atoms with van der Waals surface area (Å²) in [6.07, 6.45) is 3.77. The normalized spacial score (nSPS) is 24.0. The van der Waals surface area contributed by atoms with E-state index in [9.17, 15) is 14.0 Å². The second kappa shape index (κ2) is 7.75. The van der Waals surface area contributed by atoms with E-state index in [-0.39, 0.29) is 29.3 Å². The lowest BCUT2D eigenvalue weighted by molar-refractivity contribution is -0.123. The first-order valence-electron chi connectivity index (χ1n) is 8.70. The van der Waals surface area contributed by atoms with E-state index in [2.05, 4.69) is 10.6 Å². The van der Waals surface area contributed by atoms with Crippen LogP contribution in [0, 0.1) is 11.7 Å². The zero-order chi connectivity index (χ0) is 16.9. The molecule has 0 aliphatic carbocycles. The van der Waals surface area contributed by atoms with E-state index < -0.39 is 5.82 Å².